The molecule has 3 aliphatic heterocycles. The lowest BCUT2D eigenvalue weighted by Crippen LogP contribution is -2.57. The zero-order valence-corrected chi connectivity index (χ0v) is 28.0. The summed E-state index contributed by atoms with van der Waals surface area (Å²) in [6.07, 6.45) is 3.85. The third kappa shape index (κ3) is 10.9. The van der Waals surface area contributed by atoms with Crippen molar-refractivity contribution in [2.75, 3.05) is 32.1 Å². The Kier molecular flexibility index (Phi) is 14.3. The maximum Gasteiger partial charge on any atom is 0.342 e. The fourth-order valence-electron chi connectivity index (χ4n) is 5.64. The van der Waals surface area contributed by atoms with Gasteiger partial charge in [0.05, 0.1) is 24.1 Å². The molecule has 7 atom stereocenters. The van der Waals surface area contributed by atoms with E-state index in [1.54, 1.807) is 36.1 Å². The van der Waals surface area contributed by atoms with Crippen LogP contribution in [0.5, 0.6) is 11.5 Å². The van der Waals surface area contributed by atoms with Gasteiger partial charge in [0.15, 0.2) is 6.61 Å². The molecule has 15 nitrogen and oxygen atoms in total. The van der Waals surface area contributed by atoms with Crippen LogP contribution in [0.1, 0.15) is 54.9 Å². The van der Waals surface area contributed by atoms with Gasteiger partial charge in [0.1, 0.15) is 53.0 Å². The summed E-state index contributed by atoms with van der Waals surface area (Å²) in [7, 11) is 0. The summed E-state index contributed by atoms with van der Waals surface area (Å²) >= 11 is 0.900. The molecule has 2 saturated heterocycles. The van der Waals surface area contributed by atoms with E-state index in [1.807, 2.05) is 0 Å². The zero-order valence-electron chi connectivity index (χ0n) is 27.2. The number of fused-ring (bicyclic) bond motifs is 1. The number of carbonyl (C=O) groups excluding carboxylic acids is 3. The number of aromatic hydroxyl groups is 2. The first-order chi connectivity index (χ1) is 23.5. The van der Waals surface area contributed by atoms with E-state index < -0.39 is 66.2 Å². The molecule has 0 spiro atoms. The molecular weight excluding hydrogens is 662 g/mol. The average Bonchev–Trinajstić information content (AvgIpc) is 3.06. The highest BCUT2D eigenvalue weighted by Crippen LogP contribution is 2.30. The van der Waals surface area contributed by atoms with Crippen LogP contribution in [0.4, 0.5) is 0 Å². The predicted octanol–water partition coefficient (Wildman–Crippen LogP) is 0.495. The zero-order chi connectivity index (χ0) is 35.5. The number of hydrogen-bond acceptors (Lipinski definition) is 14. The number of amides is 2. The molecule has 0 bridgehead atoms. The molecule has 2 amide bonds. The molecule has 3 aliphatic rings. The number of aliphatic hydroxyl groups excluding tert-OH is 4. The highest BCUT2D eigenvalue weighted by atomic mass is 32.2. The van der Waals surface area contributed by atoms with Gasteiger partial charge in [0.2, 0.25) is 5.91 Å². The molecule has 4 rings (SSSR count). The lowest BCUT2D eigenvalue weighted by atomic mass is 9.99. The van der Waals surface area contributed by atoms with Crippen molar-refractivity contribution in [2.24, 2.45) is 5.16 Å². The minimum absolute atomic E-state index is 0.0855. The summed E-state index contributed by atoms with van der Waals surface area (Å²) in [6, 6.07) is 1.80. The Hall–Kier alpha value is -3.67. The number of likely N-dealkylation sites (tertiary alicyclic amines) is 1. The first-order valence-corrected chi connectivity index (χ1v) is 17.3. The summed E-state index contributed by atoms with van der Waals surface area (Å²) in [6.45, 7) is 2.07. The number of carbonyl (C=O) groups is 3. The van der Waals surface area contributed by atoms with Crippen molar-refractivity contribution in [1.82, 2.24) is 10.2 Å². The molecule has 3 heterocycles. The van der Waals surface area contributed by atoms with Crippen molar-refractivity contribution in [3.63, 3.8) is 0 Å². The summed E-state index contributed by atoms with van der Waals surface area (Å²) < 4.78 is 11.0. The van der Waals surface area contributed by atoms with E-state index >= 15 is 0 Å². The van der Waals surface area contributed by atoms with E-state index in [2.05, 4.69) is 10.5 Å². The molecule has 0 aromatic heterocycles. The first-order valence-electron chi connectivity index (χ1n) is 16.2. The third-order valence-corrected chi connectivity index (χ3v) is 9.40. The minimum atomic E-state index is -1.56. The highest BCUT2D eigenvalue weighted by Gasteiger charge is 2.43. The van der Waals surface area contributed by atoms with E-state index in [4.69, 9.17) is 14.3 Å². The van der Waals surface area contributed by atoms with Gasteiger partial charge in [-0.2, -0.15) is 0 Å². The Labute approximate surface area is 288 Å². The van der Waals surface area contributed by atoms with Crippen molar-refractivity contribution in [1.29, 1.82) is 0 Å². The molecule has 0 aliphatic carbocycles. The number of allylic oxidation sites excluding steroid dienone is 1. The number of hydrogen-bond donors (Lipinski definition) is 7. The minimum Gasteiger partial charge on any atom is -0.508 e. The third-order valence-electron chi connectivity index (χ3n) is 8.26. The number of cyclic esters (lactones) is 1. The largest absolute Gasteiger partial charge is 0.508 e. The molecule has 2 fully saturated rings. The Balaban J connectivity index is 1.50. The summed E-state index contributed by atoms with van der Waals surface area (Å²) in [5.41, 5.74) is -0.744. The molecule has 16 heteroatoms. The monoisotopic (exact) mass is 707 g/mol. The number of esters is 1. The number of benzene rings is 1. The van der Waals surface area contributed by atoms with Crippen molar-refractivity contribution in [3.05, 3.63) is 47.6 Å². The van der Waals surface area contributed by atoms with Crippen LogP contribution in [0.3, 0.4) is 0 Å². The van der Waals surface area contributed by atoms with Crippen LogP contribution in [-0.4, -0.2) is 133 Å². The van der Waals surface area contributed by atoms with Crippen molar-refractivity contribution in [2.45, 2.75) is 87.4 Å². The lowest BCUT2D eigenvalue weighted by molar-refractivity contribution is -0.205. The normalized spacial score (nSPS) is 30.4. The number of thioether (sulfide) groups is 1. The number of nitrogens with zero attached hydrogens (tertiary/aromatic N) is 2. The molecule has 1 aromatic carbocycles. The molecule has 270 valence electrons. The number of phenols is 2. The molecule has 5 unspecified atom stereocenters. The van der Waals surface area contributed by atoms with E-state index in [0.717, 1.165) is 37.1 Å². The SMILES string of the molecule is C[C@@H]1C/C=C/[C@H](NC(=O)CSC2OC(CO)C(O)C(O)C2O)C/C=C/C(=N/OCC(=O)N2CCCCC2)Cc2cc(O)cc(O)c2C(=O)O1. The predicted molar refractivity (Wildman–Crippen MR) is 178 cm³/mol. The fraction of sp³-hybridized carbons (Fsp3) is 0.576. The van der Waals surface area contributed by atoms with Gasteiger partial charge in [-0.25, -0.2) is 4.79 Å². The van der Waals surface area contributed by atoms with Crippen LogP contribution in [0.15, 0.2) is 41.6 Å². The van der Waals surface area contributed by atoms with Gasteiger partial charge in [0, 0.05) is 32.0 Å². The Morgan fingerprint density at radius 3 is 2.55 bits per heavy atom. The topological polar surface area (TPSA) is 228 Å². The number of phenolic OH excluding ortho intramolecular Hbond substituents is 2. The summed E-state index contributed by atoms with van der Waals surface area (Å²) in [5, 5.41) is 67.6. The Bertz CT molecular complexity index is 1400. The second-order valence-electron chi connectivity index (χ2n) is 12.2. The highest BCUT2D eigenvalue weighted by molar-refractivity contribution is 8.00. The van der Waals surface area contributed by atoms with E-state index in [9.17, 15) is 45.0 Å². The quantitative estimate of drug-likeness (QED) is 0.111. The standard InChI is InChI=1S/C33H45N3O12S/c1-19-7-5-8-21(34-26(40)18-49-33-31(44)30(43)29(42)25(16-37)48-33)9-6-10-22(35-46-17-27(41)36-11-3-2-4-12-36)13-20-14-23(38)15-24(39)28(20)32(45)47-19/h5-6,8,10,14-15,19,21,25,29-31,33,37-39,42-44H,2-4,7,9,11-13,16-18H2,1H3,(H,34,40)/b8-5+,10-6+,35-22-/t19-,21+,25?,29?,30?,31?,33?/m1/s1. The van der Waals surface area contributed by atoms with E-state index in [0.29, 0.717) is 13.1 Å². The molecule has 1 aromatic rings. The number of oxime groups is 1. The van der Waals surface area contributed by atoms with Gasteiger partial charge in [-0.1, -0.05) is 23.4 Å². The van der Waals surface area contributed by atoms with Gasteiger partial charge < -0.3 is 55.2 Å². The second kappa shape index (κ2) is 18.4. The van der Waals surface area contributed by atoms with Crippen LogP contribution in [0.25, 0.3) is 0 Å². The number of nitrogens with one attached hydrogen (secondary N) is 1. The molecular formula is C33H45N3O12S. The molecule has 7 N–H and O–H groups in total. The van der Waals surface area contributed by atoms with E-state index in [-0.39, 0.29) is 60.1 Å². The van der Waals surface area contributed by atoms with Gasteiger partial charge >= 0.3 is 5.97 Å². The van der Waals surface area contributed by atoms with Crippen molar-refractivity contribution in [3.8, 4) is 11.5 Å². The van der Waals surface area contributed by atoms with Gasteiger partial charge in [-0.15, -0.1) is 11.8 Å². The smallest absolute Gasteiger partial charge is 0.342 e. The number of ether oxygens (including phenoxy) is 2. The van der Waals surface area contributed by atoms with Gasteiger partial charge in [0.25, 0.3) is 5.91 Å². The number of piperidine rings is 1. The summed E-state index contributed by atoms with van der Waals surface area (Å²) in [5.74, 6) is -2.39. The molecule has 0 radical (unpaired) electrons. The van der Waals surface area contributed by atoms with Crippen molar-refractivity contribution >= 4 is 35.3 Å². The maximum absolute atomic E-state index is 13.2. The fourth-order valence-corrected chi connectivity index (χ4v) is 6.62. The van der Waals surface area contributed by atoms with Gasteiger partial charge in [-0.3, -0.25) is 9.59 Å². The molecule has 49 heavy (non-hydrogen) atoms. The van der Waals surface area contributed by atoms with E-state index in [1.165, 1.54) is 6.07 Å². The van der Waals surface area contributed by atoms with Crippen LogP contribution >= 0.6 is 11.8 Å². The average molecular weight is 708 g/mol. The van der Waals surface area contributed by atoms with Gasteiger partial charge in [-0.05, 0) is 50.3 Å². The summed E-state index contributed by atoms with van der Waals surface area (Å²) in [4.78, 5) is 45.9. The maximum atomic E-state index is 13.2. The first kappa shape index (κ1) is 38.1. The van der Waals surface area contributed by atoms with Crippen LogP contribution in [0, 0.1) is 0 Å². The number of rotatable bonds is 8. The van der Waals surface area contributed by atoms with Crippen molar-refractivity contribution < 1.29 is 59.3 Å². The lowest BCUT2D eigenvalue weighted by Gasteiger charge is -2.39. The Morgan fingerprint density at radius 1 is 1.06 bits per heavy atom. The Morgan fingerprint density at radius 2 is 1.82 bits per heavy atom. The van der Waals surface area contributed by atoms with Crippen LogP contribution < -0.4 is 5.32 Å². The van der Waals surface area contributed by atoms with Crippen LogP contribution in [-0.2, 0) is 30.3 Å². The number of aliphatic hydroxyl groups is 4. The second-order valence-corrected chi connectivity index (χ2v) is 13.3. The van der Waals surface area contributed by atoms with Crippen LogP contribution in [0.2, 0.25) is 0 Å². The molecule has 0 saturated carbocycles.